The van der Waals surface area contributed by atoms with Crippen molar-refractivity contribution in [3.63, 3.8) is 0 Å². The predicted molar refractivity (Wildman–Crippen MR) is 65.5 cm³/mol. The molecule has 0 bridgehead atoms. The number of anilines is 1. The van der Waals surface area contributed by atoms with Gasteiger partial charge in [-0.15, -0.1) is 0 Å². The monoisotopic (exact) mass is 271 g/mol. The Kier molecular flexibility index (Phi) is 3.22. The van der Waals surface area contributed by atoms with Crippen LogP contribution in [0.2, 0.25) is 0 Å². The van der Waals surface area contributed by atoms with Crippen LogP contribution in [0.1, 0.15) is 12.8 Å². The Labute approximate surface area is 104 Å². The normalized spacial score (nSPS) is 16.9. The number of nitrogen functional groups attached to an aromatic ring is 1. The van der Waals surface area contributed by atoms with Crippen LogP contribution in [-0.2, 0) is 10.0 Å². The van der Waals surface area contributed by atoms with Gasteiger partial charge in [0.2, 0.25) is 10.0 Å². The van der Waals surface area contributed by atoms with Gasteiger partial charge in [-0.05, 0) is 25.0 Å². The number of nitrogens with two attached hydrogens (primary N) is 1. The van der Waals surface area contributed by atoms with Crippen molar-refractivity contribution in [3.05, 3.63) is 28.3 Å². The zero-order valence-corrected chi connectivity index (χ0v) is 10.4. The molecule has 1 heterocycles. The van der Waals surface area contributed by atoms with E-state index < -0.39 is 20.6 Å². The molecule has 0 amide bonds. The van der Waals surface area contributed by atoms with E-state index in [9.17, 15) is 18.5 Å². The molecule has 8 heteroatoms. The Hall–Kier alpha value is -1.67. The molecular weight excluding hydrogens is 258 g/mol. The maximum absolute atomic E-state index is 12.3. The van der Waals surface area contributed by atoms with Crippen LogP contribution in [0.15, 0.2) is 23.1 Å². The maximum atomic E-state index is 12.3. The Balaban J connectivity index is 2.55. The van der Waals surface area contributed by atoms with Crippen LogP contribution in [0.25, 0.3) is 0 Å². The standard InChI is InChI=1S/C10H13N3O4S/c11-8-3-4-9(13(14)15)10(7-8)18(16,17)12-5-1-2-6-12/h3-4,7H,1-2,5-6,11H2. The third-order valence-corrected chi connectivity index (χ3v) is 4.79. The van der Waals surface area contributed by atoms with Crippen LogP contribution >= 0.6 is 0 Å². The van der Waals surface area contributed by atoms with E-state index in [-0.39, 0.29) is 10.6 Å². The summed E-state index contributed by atoms with van der Waals surface area (Å²) in [7, 11) is -3.83. The summed E-state index contributed by atoms with van der Waals surface area (Å²) in [5, 5.41) is 10.9. The molecule has 1 aromatic carbocycles. The molecule has 0 spiro atoms. The van der Waals surface area contributed by atoms with E-state index >= 15 is 0 Å². The van der Waals surface area contributed by atoms with Crippen LogP contribution in [0.3, 0.4) is 0 Å². The second kappa shape index (κ2) is 4.54. The Morgan fingerprint density at radius 2 is 1.89 bits per heavy atom. The molecule has 18 heavy (non-hydrogen) atoms. The fraction of sp³-hybridized carbons (Fsp3) is 0.400. The highest BCUT2D eigenvalue weighted by Gasteiger charge is 2.33. The third kappa shape index (κ3) is 2.16. The van der Waals surface area contributed by atoms with E-state index in [0.717, 1.165) is 25.0 Å². The van der Waals surface area contributed by atoms with Gasteiger partial charge in [-0.1, -0.05) is 0 Å². The van der Waals surface area contributed by atoms with Gasteiger partial charge in [0.05, 0.1) is 4.92 Å². The number of hydrogen-bond acceptors (Lipinski definition) is 5. The summed E-state index contributed by atoms with van der Waals surface area (Å²) in [5.41, 5.74) is 5.28. The quantitative estimate of drug-likeness (QED) is 0.500. The maximum Gasteiger partial charge on any atom is 0.289 e. The lowest BCUT2D eigenvalue weighted by atomic mass is 10.3. The van der Waals surface area contributed by atoms with E-state index in [1.165, 1.54) is 10.4 Å². The minimum atomic E-state index is -3.83. The molecule has 2 N–H and O–H groups in total. The number of hydrogen-bond donors (Lipinski definition) is 1. The molecule has 0 radical (unpaired) electrons. The molecular formula is C10H13N3O4S. The summed E-state index contributed by atoms with van der Waals surface area (Å²) < 4.78 is 25.8. The zero-order valence-electron chi connectivity index (χ0n) is 9.57. The highest BCUT2D eigenvalue weighted by Crippen LogP contribution is 2.30. The van der Waals surface area contributed by atoms with Gasteiger partial charge >= 0.3 is 0 Å². The fourth-order valence-corrected chi connectivity index (χ4v) is 3.66. The molecule has 0 atom stereocenters. The van der Waals surface area contributed by atoms with Gasteiger partial charge < -0.3 is 5.73 Å². The number of sulfonamides is 1. The van der Waals surface area contributed by atoms with Crippen LogP contribution in [0, 0.1) is 10.1 Å². The fourth-order valence-electron chi connectivity index (χ4n) is 1.96. The number of nitro benzene ring substituents is 1. The van der Waals surface area contributed by atoms with Gasteiger partial charge in [0.15, 0.2) is 4.90 Å². The number of nitro groups is 1. The summed E-state index contributed by atoms with van der Waals surface area (Å²) >= 11 is 0. The first-order valence-corrected chi connectivity index (χ1v) is 6.91. The van der Waals surface area contributed by atoms with E-state index in [1.54, 1.807) is 0 Å². The average molecular weight is 271 g/mol. The molecule has 1 aliphatic rings. The van der Waals surface area contributed by atoms with Crippen molar-refractivity contribution in [1.29, 1.82) is 0 Å². The number of nitrogens with zero attached hydrogens (tertiary/aromatic N) is 2. The lowest BCUT2D eigenvalue weighted by Gasteiger charge is -2.15. The third-order valence-electron chi connectivity index (χ3n) is 2.86. The van der Waals surface area contributed by atoms with Crippen LogP contribution in [-0.4, -0.2) is 30.7 Å². The second-order valence-electron chi connectivity index (χ2n) is 4.10. The van der Waals surface area contributed by atoms with Crippen molar-refractivity contribution in [2.75, 3.05) is 18.8 Å². The Morgan fingerprint density at radius 3 is 2.44 bits per heavy atom. The van der Waals surface area contributed by atoms with Crippen LogP contribution < -0.4 is 5.73 Å². The topological polar surface area (TPSA) is 107 Å². The van der Waals surface area contributed by atoms with Crippen LogP contribution in [0.4, 0.5) is 11.4 Å². The summed E-state index contributed by atoms with van der Waals surface area (Å²) in [5.74, 6) is 0. The van der Waals surface area contributed by atoms with Gasteiger partial charge in [0.1, 0.15) is 0 Å². The minimum absolute atomic E-state index is 0.193. The predicted octanol–water partition coefficient (Wildman–Crippen LogP) is 0.962. The van der Waals surface area contributed by atoms with Crippen molar-refractivity contribution in [2.24, 2.45) is 0 Å². The van der Waals surface area contributed by atoms with E-state index in [0.29, 0.717) is 13.1 Å². The Morgan fingerprint density at radius 1 is 1.28 bits per heavy atom. The molecule has 1 aliphatic heterocycles. The first-order chi connectivity index (χ1) is 8.43. The second-order valence-corrected chi connectivity index (χ2v) is 6.00. The molecule has 1 aromatic rings. The van der Waals surface area contributed by atoms with Gasteiger partial charge in [0.25, 0.3) is 5.69 Å². The van der Waals surface area contributed by atoms with Gasteiger partial charge in [-0.2, -0.15) is 4.31 Å². The summed E-state index contributed by atoms with van der Waals surface area (Å²) in [6, 6.07) is 3.59. The van der Waals surface area contributed by atoms with Gasteiger partial charge in [-0.3, -0.25) is 10.1 Å². The molecule has 7 nitrogen and oxygen atoms in total. The molecule has 0 aliphatic carbocycles. The molecule has 0 aromatic heterocycles. The molecule has 0 unspecified atom stereocenters. The van der Waals surface area contributed by atoms with Crippen LogP contribution in [0.5, 0.6) is 0 Å². The molecule has 1 fully saturated rings. The first-order valence-electron chi connectivity index (χ1n) is 5.47. The summed E-state index contributed by atoms with van der Waals surface area (Å²) in [6.45, 7) is 0.794. The van der Waals surface area contributed by atoms with E-state index in [2.05, 4.69) is 0 Å². The number of benzene rings is 1. The highest BCUT2D eigenvalue weighted by molar-refractivity contribution is 7.89. The smallest absolute Gasteiger partial charge is 0.289 e. The van der Waals surface area contributed by atoms with Gasteiger partial charge in [0, 0.05) is 24.8 Å². The Bertz CT molecular complexity index is 579. The highest BCUT2D eigenvalue weighted by atomic mass is 32.2. The van der Waals surface area contributed by atoms with Crippen molar-refractivity contribution in [1.82, 2.24) is 4.31 Å². The lowest BCUT2D eigenvalue weighted by molar-refractivity contribution is -0.387. The summed E-state index contributed by atoms with van der Waals surface area (Å²) in [4.78, 5) is 9.85. The number of rotatable bonds is 3. The molecule has 0 saturated carbocycles. The molecule has 1 saturated heterocycles. The minimum Gasteiger partial charge on any atom is -0.399 e. The van der Waals surface area contributed by atoms with Crippen molar-refractivity contribution in [2.45, 2.75) is 17.7 Å². The largest absolute Gasteiger partial charge is 0.399 e. The average Bonchev–Trinajstić information content (AvgIpc) is 2.82. The summed E-state index contributed by atoms with van der Waals surface area (Å²) in [6.07, 6.45) is 1.55. The SMILES string of the molecule is Nc1ccc([N+](=O)[O-])c(S(=O)(=O)N2CCCC2)c1. The zero-order chi connectivity index (χ0) is 13.3. The first kappa shape index (κ1) is 12.8. The van der Waals surface area contributed by atoms with Gasteiger partial charge in [-0.25, -0.2) is 8.42 Å². The van der Waals surface area contributed by atoms with Crippen molar-refractivity contribution in [3.8, 4) is 0 Å². The van der Waals surface area contributed by atoms with E-state index in [1.807, 2.05) is 0 Å². The lowest BCUT2D eigenvalue weighted by Crippen LogP contribution is -2.28. The molecule has 2 rings (SSSR count). The molecule has 98 valence electrons. The van der Waals surface area contributed by atoms with E-state index in [4.69, 9.17) is 5.73 Å². The van der Waals surface area contributed by atoms with Crippen molar-refractivity contribution >= 4 is 21.4 Å². The van der Waals surface area contributed by atoms with Crippen molar-refractivity contribution < 1.29 is 13.3 Å².